The number of rotatable bonds is 7. The molecule has 0 radical (unpaired) electrons. The first-order valence-electron chi connectivity index (χ1n) is 14.6. The molecule has 2 aliphatic heterocycles. The number of pyridine rings is 1. The molecule has 2 saturated heterocycles. The van der Waals surface area contributed by atoms with E-state index in [2.05, 4.69) is 73.4 Å². The van der Waals surface area contributed by atoms with E-state index in [0.29, 0.717) is 13.0 Å². The maximum atomic E-state index is 6.14. The van der Waals surface area contributed by atoms with Gasteiger partial charge in [0.25, 0.3) is 0 Å². The quantitative estimate of drug-likeness (QED) is 0.296. The van der Waals surface area contributed by atoms with Crippen LogP contribution in [0, 0.1) is 0 Å². The Hall–Kier alpha value is -4.19. The van der Waals surface area contributed by atoms with Gasteiger partial charge in [0.2, 0.25) is 0 Å². The fourth-order valence-electron chi connectivity index (χ4n) is 5.73. The van der Waals surface area contributed by atoms with Crippen LogP contribution in [0.5, 0.6) is 0 Å². The summed E-state index contributed by atoms with van der Waals surface area (Å²) in [6.45, 7) is 7.71. The standard InChI is InChI=1S/C31H36N10O/c1-37-11-13-39(14-12-37)20-23-3-5-24(6-4-23)25-7-9-29(32-18-25)40-15-16-42-27(22-40)17-31-35-34-30-10-8-28(36-41(30)31)26-19-33-38(2)21-26/h3-10,18-19,21,27H,11-17,20,22H2,1-2H3. The molecule has 11 nitrogen and oxygen atoms in total. The van der Waals surface area contributed by atoms with Gasteiger partial charge in [0.1, 0.15) is 5.82 Å². The summed E-state index contributed by atoms with van der Waals surface area (Å²) in [6, 6.07) is 17.1. The van der Waals surface area contributed by atoms with Crippen molar-refractivity contribution in [3.63, 3.8) is 0 Å². The third kappa shape index (κ3) is 5.76. The minimum Gasteiger partial charge on any atom is -0.374 e. The Bertz CT molecular complexity index is 1640. The van der Waals surface area contributed by atoms with Crippen molar-refractivity contribution >= 4 is 11.5 Å². The molecule has 0 amide bonds. The first-order chi connectivity index (χ1) is 20.6. The lowest BCUT2D eigenvalue weighted by Gasteiger charge is -2.33. The molecular formula is C31H36N10O. The number of likely N-dealkylation sites (N-methyl/N-ethyl adjacent to an activating group) is 1. The average molecular weight is 565 g/mol. The van der Waals surface area contributed by atoms with E-state index in [1.54, 1.807) is 4.68 Å². The number of morpholine rings is 1. The summed E-state index contributed by atoms with van der Waals surface area (Å²) in [4.78, 5) is 12.0. The van der Waals surface area contributed by atoms with Gasteiger partial charge in [-0.3, -0.25) is 9.58 Å². The Morgan fingerprint density at radius 1 is 0.833 bits per heavy atom. The first-order valence-corrected chi connectivity index (χ1v) is 14.6. The summed E-state index contributed by atoms with van der Waals surface area (Å²) in [5, 5.41) is 17.8. The van der Waals surface area contributed by atoms with Gasteiger partial charge in [-0.2, -0.15) is 14.7 Å². The number of aromatic nitrogens is 7. The fourth-order valence-corrected chi connectivity index (χ4v) is 5.73. The Labute approximate surface area is 245 Å². The minimum atomic E-state index is -0.0377. The van der Waals surface area contributed by atoms with Crippen LogP contribution >= 0.6 is 0 Å². The van der Waals surface area contributed by atoms with Gasteiger partial charge in [-0.15, -0.1) is 10.2 Å². The molecule has 2 aliphatic rings. The number of ether oxygens (including phenoxy) is 1. The topological polar surface area (TPSA) is 92.7 Å². The van der Waals surface area contributed by atoms with Gasteiger partial charge in [-0.1, -0.05) is 24.3 Å². The number of hydrogen-bond acceptors (Lipinski definition) is 9. The second kappa shape index (κ2) is 11.6. The van der Waals surface area contributed by atoms with Crippen LogP contribution < -0.4 is 4.90 Å². The zero-order valence-corrected chi connectivity index (χ0v) is 24.2. The van der Waals surface area contributed by atoms with E-state index >= 15 is 0 Å². The van der Waals surface area contributed by atoms with Gasteiger partial charge in [-0.05, 0) is 42.4 Å². The van der Waals surface area contributed by atoms with Gasteiger partial charge in [0, 0.05) is 82.8 Å². The molecule has 11 heteroatoms. The summed E-state index contributed by atoms with van der Waals surface area (Å²) >= 11 is 0. The normalized spacial score (nSPS) is 18.6. The lowest BCUT2D eigenvalue weighted by Crippen LogP contribution is -2.44. The molecule has 0 aliphatic carbocycles. The van der Waals surface area contributed by atoms with E-state index in [0.717, 1.165) is 79.9 Å². The van der Waals surface area contributed by atoms with Crippen LogP contribution in [0.1, 0.15) is 11.4 Å². The number of fused-ring (bicyclic) bond motifs is 1. The number of benzene rings is 1. The molecule has 1 aromatic carbocycles. The van der Waals surface area contributed by atoms with Crippen molar-refractivity contribution in [1.82, 2.24) is 44.4 Å². The third-order valence-electron chi connectivity index (χ3n) is 8.24. The number of piperazine rings is 1. The van der Waals surface area contributed by atoms with Crippen molar-refractivity contribution in [2.24, 2.45) is 7.05 Å². The summed E-state index contributed by atoms with van der Waals surface area (Å²) in [5.41, 5.74) is 6.17. The summed E-state index contributed by atoms with van der Waals surface area (Å²) < 4.78 is 9.72. The maximum absolute atomic E-state index is 6.14. The lowest BCUT2D eigenvalue weighted by molar-refractivity contribution is 0.0392. The van der Waals surface area contributed by atoms with Crippen LogP contribution in [0.15, 0.2) is 67.1 Å². The predicted octanol–water partition coefficient (Wildman–Crippen LogP) is 2.78. The highest BCUT2D eigenvalue weighted by Crippen LogP contribution is 2.24. The third-order valence-corrected chi connectivity index (χ3v) is 8.24. The Morgan fingerprint density at radius 2 is 1.67 bits per heavy atom. The molecule has 1 unspecified atom stereocenters. The van der Waals surface area contributed by atoms with E-state index in [1.165, 1.54) is 11.1 Å². The second-order valence-corrected chi connectivity index (χ2v) is 11.3. The maximum Gasteiger partial charge on any atom is 0.177 e. The van der Waals surface area contributed by atoms with Crippen molar-refractivity contribution in [3.8, 4) is 22.4 Å². The molecule has 5 aromatic rings. The monoisotopic (exact) mass is 564 g/mol. The largest absolute Gasteiger partial charge is 0.374 e. The van der Waals surface area contributed by atoms with Crippen LogP contribution in [0.4, 0.5) is 5.82 Å². The average Bonchev–Trinajstić information content (AvgIpc) is 3.64. The van der Waals surface area contributed by atoms with Crippen molar-refractivity contribution in [2.75, 3.05) is 57.8 Å². The highest BCUT2D eigenvalue weighted by molar-refractivity contribution is 5.64. The predicted molar refractivity (Wildman–Crippen MR) is 161 cm³/mol. The van der Waals surface area contributed by atoms with Crippen molar-refractivity contribution in [1.29, 1.82) is 0 Å². The molecule has 0 spiro atoms. The molecule has 0 N–H and O–H groups in total. The van der Waals surface area contributed by atoms with E-state index in [9.17, 15) is 0 Å². The minimum absolute atomic E-state index is 0.0377. The molecule has 4 aromatic heterocycles. The van der Waals surface area contributed by atoms with Crippen molar-refractivity contribution in [2.45, 2.75) is 19.1 Å². The van der Waals surface area contributed by atoms with Gasteiger partial charge < -0.3 is 14.5 Å². The molecule has 42 heavy (non-hydrogen) atoms. The van der Waals surface area contributed by atoms with E-state index in [1.807, 2.05) is 42.3 Å². The zero-order chi connectivity index (χ0) is 28.5. The van der Waals surface area contributed by atoms with Gasteiger partial charge >= 0.3 is 0 Å². The van der Waals surface area contributed by atoms with Crippen LogP contribution in [0.3, 0.4) is 0 Å². The van der Waals surface area contributed by atoms with E-state index < -0.39 is 0 Å². The smallest absolute Gasteiger partial charge is 0.177 e. The number of aryl methyl sites for hydroxylation is 1. The highest BCUT2D eigenvalue weighted by Gasteiger charge is 2.24. The molecule has 0 saturated carbocycles. The molecule has 7 rings (SSSR count). The van der Waals surface area contributed by atoms with Gasteiger partial charge in [-0.25, -0.2) is 4.98 Å². The Morgan fingerprint density at radius 3 is 2.43 bits per heavy atom. The van der Waals surface area contributed by atoms with Crippen molar-refractivity contribution < 1.29 is 4.74 Å². The van der Waals surface area contributed by atoms with Gasteiger partial charge in [0.15, 0.2) is 11.5 Å². The summed E-state index contributed by atoms with van der Waals surface area (Å²) in [5.74, 6) is 1.74. The van der Waals surface area contributed by atoms with Gasteiger partial charge in [0.05, 0.1) is 24.6 Å². The molecule has 2 fully saturated rings. The van der Waals surface area contributed by atoms with E-state index in [-0.39, 0.29) is 6.10 Å². The number of anilines is 1. The summed E-state index contributed by atoms with van der Waals surface area (Å²) in [7, 11) is 4.09. The number of hydrogen-bond donors (Lipinski definition) is 0. The molecule has 0 bridgehead atoms. The van der Waals surface area contributed by atoms with E-state index in [4.69, 9.17) is 14.8 Å². The SMILES string of the molecule is CN1CCN(Cc2ccc(-c3ccc(N4CCOC(Cc5nnc6ccc(-c7cnn(C)c7)nn56)C4)nc3)cc2)CC1. The number of nitrogens with zero attached hydrogens (tertiary/aromatic N) is 10. The molecular weight excluding hydrogens is 528 g/mol. The van der Waals surface area contributed by atoms with Crippen LogP contribution in [-0.2, 0) is 24.8 Å². The molecule has 6 heterocycles. The summed E-state index contributed by atoms with van der Waals surface area (Å²) in [6.07, 6.45) is 6.31. The molecule has 1 atom stereocenters. The zero-order valence-electron chi connectivity index (χ0n) is 24.2. The van der Waals surface area contributed by atoms with Crippen LogP contribution in [0.2, 0.25) is 0 Å². The fraction of sp³-hybridized carbons (Fsp3) is 0.387. The first kappa shape index (κ1) is 26.7. The Kier molecular flexibility index (Phi) is 7.37. The van der Waals surface area contributed by atoms with Crippen LogP contribution in [0.25, 0.3) is 28.0 Å². The Balaban J connectivity index is 0.994. The molecule has 216 valence electrons. The van der Waals surface area contributed by atoms with Crippen molar-refractivity contribution in [3.05, 3.63) is 78.5 Å². The highest BCUT2D eigenvalue weighted by atomic mass is 16.5. The van der Waals surface area contributed by atoms with Crippen LogP contribution in [-0.4, -0.2) is 103 Å². The second-order valence-electron chi connectivity index (χ2n) is 11.3. The lowest BCUT2D eigenvalue weighted by atomic mass is 10.1.